The van der Waals surface area contributed by atoms with E-state index in [1.165, 1.54) is 131 Å². The van der Waals surface area contributed by atoms with Crippen molar-refractivity contribution in [2.24, 2.45) is 0 Å². The molecule has 4 heteroatoms. The second kappa shape index (κ2) is 9.60. The van der Waals surface area contributed by atoms with Gasteiger partial charge in [-0.3, -0.25) is 0 Å². The molecule has 12 aromatic rings. The van der Waals surface area contributed by atoms with Crippen LogP contribution in [0.4, 0.5) is 0 Å². The smallest absolute Gasteiger partial charge is 0.248 e. The molecule has 3 aliphatic rings. The Morgan fingerprint density at radius 3 is 1.86 bits per heavy atom. The van der Waals surface area contributed by atoms with Gasteiger partial charge in [-0.1, -0.05) is 163 Å². The van der Waals surface area contributed by atoms with Crippen LogP contribution >= 0.6 is 0 Å². The molecule has 0 radical (unpaired) electrons. The number of fused-ring (bicyclic) bond motifs is 16. The van der Waals surface area contributed by atoms with Crippen molar-refractivity contribution in [3.05, 3.63) is 170 Å². The van der Waals surface area contributed by atoms with E-state index in [0.717, 1.165) is 0 Å². The minimum Gasteiger partial charge on any atom is -0.310 e. The lowest BCUT2D eigenvalue weighted by Crippen LogP contribution is -2.56. The molecule has 15 rings (SSSR count). The van der Waals surface area contributed by atoms with Crippen molar-refractivity contribution in [2.45, 2.75) is 0 Å². The first-order chi connectivity index (χ1) is 27.8. The summed E-state index contributed by atoms with van der Waals surface area (Å²) in [6.45, 7) is 0.285. The Labute approximate surface area is 322 Å². The number of nitrogens with zero attached hydrogens (tertiary/aromatic N) is 2. The van der Waals surface area contributed by atoms with E-state index in [-0.39, 0.29) is 13.4 Å². The predicted octanol–water partition coefficient (Wildman–Crippen LogP) is 8.42. The maximum Gasteiger partial charge on any atom is 0.248 e. The molecule has 5 heterocycles. The fourth-order valence-corrected chi connectivity index (χ4v) is 11.9. The van der Waals surface area contributed by atoms with Crippen LogP contribution in [-0.2, 0) is 0 Å². The number of rotatable bonds is 1. The SMILES string of the molecule is c1ccc(B2c3c(cc4ccc5c6c(cc7ccc3c4c75)B3c4ccccc4-c4ccc5c7ccccc7n-6c5c43)-n3c4ccccc4c4cccc2c43)cc1. The molecule has 0 amide bonds. The predicted molar refractivity (Wildman–Crippen MR) is 240 cm³/mol. The monoisotopic (exact) mass is 702 g/mol. The van der Waals surface area contributed by atoms with Gasteiger partial charge < -0.3 is 9.13 Å². The normalized spacial score (nSPS) is 13.6. The Morgan fingerprint density at radius 1 is 0.357 bits per heavy atom. The zero-order valence-electron chi connectivity index (χ0n) is 30.2. The average molecular weight is 702 g/mol. The second-order valence-electron chi connectivity index (χ2n) is 16.3. The molecule has 0 unspecified atom stereocenters. The molecule has 56 heavy (non-hydrogen) atoms. The molecule has 0 fully saturated rings. The van der Waals surface area contributed by atoms with Gasteiger partial charge >= 0.3 is 0 Å². The van der Waals surface area contributed by atoms with Crippen LogP contribution in [0.2, 0.25) is 0 Å². The standard InChI is InChI=1S/C52H28B2N2/c1-2-11-31(12-3-1)53-41-18-10-16-36-33-14-5-8-19-43(33)55(50(36)41)45-28-30-22-24-39-47-29(21-23-38(46(30)47)48(45)53)27-42-51(39)56-44-20-9-6-15-34(44)37-26-25-35-32-13-4-7-17-40(32)54(42)49(35)52(37)56/h1-28H. The third-order valence-corrected chi connectivity index (χ3v) is 13.9. The number of hydrogen-bond acceptors (Lipinski definition) is 0. The number of para-hydroxylation sites is 3. The van der Waals surface area contributed by atoms with Gasteiger partial charge in [0.2, 0.25) is 13.4 Å². The molecular formula is C52H28B2N2. The first-order valence-electron chi connectivity index (χ1n) is 19.8. The molecule has 2 aromatic heterocycles. The van der Waals surface area contributed by atoms with Crippen LogP contribution < -0.4 is 32.8 Å². The summed E-state index contributed by atoms with van der Waals surface area (Å²) in [6, 6.07) is 64.8. The summed E-state index contributed by atoms with van der Waals surface area (Å²) in [6.07, 6.45) is 0. The molecule has 2 nitrogen and oxygen atoms in total. The molecule has 3 aliphatic heterocycles. The number of benzene rings is 10. The fourth-order valence-electron chi connectivity index (χ4n) is 11.9. The maximum atomic E-state index is 2.63. The summed E-state index contributed by atoms with van der Waals surface area (Å²) in [5.74, 6) is 0. The van der Waals surface area contributed by atoms with E-state index in [9.17, 15) is 0 Å². The third kappa shape index (κ3) is 3.10. The Bertz CT molecular complexity index is 3780. The van der Waals surface area contributed by atoms with Crippen molar-refractivity contribution in [2.75, 3.05) is 0 Å². The topological polar surface area (TPSA) is 9.86 Å². The first kappa shape index (κ1) is 28.4. The Kier molecular flexibility index (Phi) is 4.87. The second-order valence-corrected chi connectivity index (χ2v) is 16.3. The highest BCUT2D eigenvalue weighted by Crippen LogP contribution is 2.44. The van der Waals surface area contributed by atoms with E-state index in [2.05, 4.69) is 179 Å². The number of aromatic nitrogens is 2. The van der Waals surface area contributed by atoms with Crippen molar-refractivity contribution >= 4 is 122 Å². The average Bonchev–Trinajstić information content (AvgIpc) is 3.90. The summed E-state index contributed by atoms with van der Waals surface area (Å²) in [5.41, 5.74) is 19.0. The van der Waals surface area contributed by atoms with Crippen LogP contribution in [0.3, 0.4) is 0 Å². The summed E-state index contributed by atoms with van der Waals surface area (Å²) in [5, 5.41) is 13.3. The van der Waals surface area contributed by atoms with E-state index in [1.807, 2.05) is 0 Å². The van der Waals surface area contributed by atoms with Gasteiger partial charge in [-0.25, -0.2) is 0 Å². The molecule has 0 saturated heterocycles. The van der Waals surface area contributed by atoms with Crippen LogP contribution in [0.15, 0.2) is 170 Å². The summed E-state index contributed by atoms with van der Waals surface area (Å²) < 4.78 is 5.20. The highest BCUT2D eigenvalue weighted by molar-refractivity contribution is 7.02. The van der Waals surface area contributed by atoms with E-state index in [4.69, 9.17) is 0 Å². The van der Waals surface area contributed by atoms with Gasteiger partial charge in [0.15, 0.2) is 0 Å². The van der Waals surface area contributed by atoms with Crippen molar-refractivity contribution < 1.29 is 0 Å². The quantitative estimate of drug-likeness (QED) is 0.120. The van der Waals surface area contributed by atoms with E-state index in [0.29, 0.717) is 0 Å². The van der Waals surface area contributed by atoms with Gasteiger partial charge in [-0.2, -0.15) is 0 Å². The Hall–Kier alpha value is -7.03. The van der Waals surface area contributed by atoms with Crippen molar-refractivity contribution in [3.63, 3.8) is 0 Å². The van der Waals surface area contributed by atoms with Gasteiger partial charge in [-0.15, -0.1) is 0 Å². The van der Waals surface area contributed by atoms with Crippen LogP contribution in [0, 0.1) is 0 Å². The lowest BCUT2D eigenvalue weighted by atomic mass is 9.35. The van der Waals surface area contributed by atoms with Gasteiger partial charge in [-0.05, 0) is 78.1 Å². The molecule has 0 saturated carbocycles. The molecule has 0 N–H and O–H groups in total. The molecular weight excluding hydrogens is 674 g/mol. The highest BCUT2D eigenvalue weighted by Gasteiger charge is 2.42. The van der Waals surface area contributed by atoms with E-state index >= 15 is 0 Å². The highest BCUT2D eigenvalue weighted by atomic mass is 15.0. The number of hydrogen-bond donors (Lipinski definition) is 0. The summed E-state index contributed by atoms with van der Waals surface area (Å²) in [7, 11) is 0. The van der Waals surface area contributed by atoms with Crippen molar-refractivity contribution in [1.29, 1.82) is 0 Å². The minimum absolute atomic E-state index is 0.0958. The lowest BCUT2D eigenvalue weighted by Gasteiger charge is -2.31. The van der Waals surface area contributed by atoms with Crippen LogP contribution in [0.1, 0.15) is 0 Å². The van der Waals surface area contributed by atoms with Crippen LogP contribution in [-0.4, -0.2) is 22.6 Å². The van der Waals surface area contributed by atoms with Gasteiger partial charge in [0.05, 0.1) is 11.0 Å². The molecule has 0 bridgehead atoms. The molecule has 0 atom stereocenters. The van der Waals surface area contributed by atoms with Crippen LogP contribution in [0.5, 0.6) is 0 Å². The molecule has 0 aliphatic carbocycles. The largest absolute Gasteiger partial charge is 0.310 e. The molecule has 0 spiro atoms. The Morgan fingerprint density at radius 2 is 1.00 bits per heavy atom. The Balaban J connectivity index is 1.13. The van der Waals surface area contributed by atoms with Gasteiger partial charge in [0.25, 0.3) is 0 Å². The van der Waals surface area contributed by atoms with Crippen molar-refractivity contribution in [1.82, 2.24) is 9.13 Å². The molecule has 252 valence electrons. The van der Waals surface area contributed by atoms with E-state index < -0.39 is 0 Å². The van der Waals surface area contributed by atoms with Gasteiger partial charge in [0.1, 0.15) is 0 Å². The summed E-state index contributed by atoms with van der Waals surface area (Å²) in [4.78, 5) is 0. The minimum atomic E-state index is 0.0958. The van der Waals surface area contributed by atoms with Crippen LogP contribution in [0.25, 0.3) is 98.4 Å². The lowest BCUT2D eigenvalue weighted by molar-refractivity contribution is 1.20. The van der Waals surface area contributed by atoms with E-state index in [1.54, 1.807) is 0 Å². The first-order valence-corrected chi connectivity index (χ1v) is 19.8. The fraction of sp³-hybridized carbons (Fsp3) is 0. The third-order valence-electron chi connectivity index (χ3n) is 13.9. The van der Waals surface area contributed by atoms with Crippen molar-refractivity contribution in [3.8, 4) is 22.5 Å². The molecule has 10 aromatic carbocycles. The zero-order valence-corrected chi connectivity index (χ0v) is 30.2. The zero-order chi connectivity index (χ0) is 36.0. The van der Waals surface area contributed by atoms with Gasteiger partial charge in [0, 0.05) is 49.3 Å². The maximum absolute atomic E-state index is 2.63. The summed E-state index contributed by atoms with van der Waals surface area (Å²) >= 11 is 0.